The van der Waals surface area contributed by atoms with Gasteiger partial charge in [-0.15, -0.1) is 6.58 Å². The van der Waals surface area contributed by atoms with Gasteiger partial charge in [0, 0.05) is 5.56 Å². The number of halogens is 1. The number of aryl methyl sites for hydroxylation is 1. The van der Waals surface area contributed by atoms with Crippen molar-refractivity contribution in [1.82, 2.24) is 9.66 Å². The lowest BCUT2D eigenvalue weighted by Gasteiger charge is -2.04. The quantitative estimate of drug-likeness (QED) is 0.504. The highest BCUT2D eigenvalue weighted by molar-refractivity contribution is 5.79. The molecule has 0 aliphatic heterocycles. The molecule has 0 aliphatic rings. The summed E-state index contributed by atoms with van der Waals surface area (Å²) >= 11 is 0. The standard InChI is InChI=1S/C15H17FN4O/c1-3-6-21-10-13-5-4-12(7-14(13)16)8-18-20-9-11(2)19-15(20)17/h3-5,7-9H,1,6,10H2,2H3,(H2,17,19). The van der Waals surface area contributed by atoms with Crippen LogP contribution >= 0.6 is 0 Å². The highest BCUT2D eigenvalue weighted by atomic mass is 19.1. The molecule has 0 fully saturated rings. The van der Waals surface area contributed by atoms with Gasteiger partial charge in [0.15, 0.2) is 0 Å². The van der Waals surface area contributed by atoms with Gasteiger partial charge in [-0.1, -0.05) is 18.2 Å². The Morgan fingerprint density at radius 3 is 2.95 bits per heavy atom. The summed E-state index contributed by atoms with van der Waals surface area (Å²) in [6, 6.07) is 4.83. The average molecular weight is 288 g/mol. The zero-order valence-corrected chi connectivity index (χ0v) is 11.8. The van der Waals surface area contributed by atoms with Crippen molar-refractivity contribution in [3.8, 4) is 0 Å². The van der Waals surface area contributed by atoms with Gasteiger partial charge in [0.25, 0.3) is 0 Å². The summed E-state index contributed by atoms with van der Waals surface area (Å²) in [5.41, 5.74) is 7.56. The van der Waals surface area contributed by atoms with Crippen LogP contribution in [-0.4, -0.2) is 22.5 Å². The lowest BCUT2D eigenvalue weighted by atomic mass is 10.1. The number of nitrogens with zero attached hydrogens (tertiary/aromatic N) is 3. The number of aromatic nitrogens is 2. The number of hydrogen-bond donors (Lipinski definition) is 1. The van der Waals surface area contributed by atoms with E-state index in [1.54, 1.807) is 24.4 Å². The summed E-state index contributed by atoms with van der Waals surface area (Å²) in [7, 11) is 0. The summed E-state index contributed by atoms with van der Waals surface area (Å²) in [6.07, 6.45) is 4.84. The van der Waals surface area contributed by atoms with Crippen LogP contribution in [0.25, 0.3) is 0 Å². The number of rotatable bonds is 6. The Morgan fingerprint density at radius 1 is 1.52 bits per heavy atom. The molecule has 0 unspecified atom stereocenters. The molecule has 0 amide bonds. The number of nitrogen functional groups attached to an aromatic ring is 1. The second-order valence-electron chi connectivity index (χ2n) is 4.48. The van der Waals surface area contributed by atoms with Gasteiger partial charge in [0.1, 0.15) is 5.82 Å². The van der Waals surface area contributed by atoms with E-state index in [9.17, 15) is 4.39 Å². The Bertz CT molecular complexity index is 664. The van der Waals surface area contributed by atoms with Crippen LogP contribution in [0.4, 0.5) is 10.3 Å². The van der Waals surface area contributed by atoms with Crippen molar-refractivity contribution in [2.75, 3.05) is 12.3 Å². The first-order valence-electron chi connectivity index (χ1n) is 6.43. The SMILES string of the molecule is C=CCOCc1ccc(C=Nn2cc(C)nc2N)cc1F. The molecule has 0 radical (unpaired) electrons. The molecule has 110 valence electrons. The molecular formula is C15H17FN4O. The lowest BCUT2D eigenvalue weighted by Crippen LogP contribution is -1.99. The highest BCUT2D eigenvalue weighted by Gasteiger charge is 2.03. The fraction of sp³-hybridized carbons (Fsp3) is 0.200. The van der Waals surface area contributed by atoms with E-state index in [4.69, 9.17) is 10.5 Å². The molecule has 1 aromatic carbocycles. The average Bonchev–Trinajstić information content (AvgIpc) is 2.77. The molecule has 0 saturated heterocycles. The Kier molecular flexibility index (Phi) is 4.84. The number of anilines is 1. The van der Waals surface area contributed by atoms with E-state index < -0.39 is 0 Å². The van der Waals surface area contributed by atoms with E-state index in [-0.39, 0.29) is 12.4 Å². The van der Waals surface area contributed by atoms with Crippen LogP contribution < -0.4 is 5.73 Å². The number of nitrogens with two attached hydrogens (primary N) is 1. The van der Waals surface area contributed by atoms with Gasteiger partial charge >= 0.3 is 0 Å². The first kappa shape index (κ1) is 14.9. The summed E-state index contributed by atoms with van der Waals surface area (Å²) in [6.45, 7) is 5.96. The Labute approximate surface area is 122 Å². The summed E-state index contributed by atoms with van der Waals surface area (Å²) in [5, 5.41) is 4.14. The van der Waals surface area contributed by atoms with E-state index in [0.29, 0.717) is 23.7 Å². The molecule has 0 saturated carbocycles. The molecule has 1 aromatic heterocycles. The van der Waals surface area contributed by atoms with E-state index >= 15 is 0 Å². The molecule has 6 heteroatoms. The van der Waals surface area contributed by atoms with E-state index in [2.05, 4.69) is 16.7 Å². The fourth-order valence-corrected chi connectivity index (χ4v) is 1.74. The molecule has 1 heterocycles. The van der Waals surface area contributed by atoms with Gasteiger partial charge in [0.2, 0.25) is 5.95 Å². The largest absolute Gasteiger partial charge is 0.373 e. The first-order valence-corrected chi connectivity index (χ1v) is 6.43. The van der Waals surface area contributed by atoms with Crippen LogP contribution in [0.5, 0.6) is 0 Å². The third kappa shape index (κ3) is 4.00. The van der Waals surface area contributed by atoms with Crippen molar-refractivity contribution in [3.63, 3.8) is 0 Å². The summed E-state index contributed by atoms with van der Waals surface area (Å²) in [5.74, 6) is -0.0449. The van der Waals surface area contributed by atoms with Gasteiger partial charge in [-0.3, -0.25) is 0 Å². The zero-order chi connectivity index (χ0) is 15.2. The van der Waals surface area contributed by atoms with Gasteiger partial charge in [-0.2, -0.15) is 5.10 Å². The summed E-state index contributed by atoms with van der Waals surface area (Å²) < 4.78 is 20.5. The molecule has 2 aromatic rings. The maximum absolute atomic E-state index is 13.9. The predicted octanol–water partition coefficient (Wildman–Crippen LogP) is 2.50. The highest BCUT2D eigenvalue weighted by Crippen LogP contribution is 2.11. The van der Waals surface area contributed by atoms with Crippen molar-refractivity contribution in [2.24, 2.45) is 5.10 Å². The van der Waals surface area contributed by atoms with Gasteiger partial charge < -0.3 is 10.5 Å². The normalized spacial score (nSPS) is 11.1. The minimum Gasteiger partial charge on any atom is -0.373 e. The van der Waals surface area contributed by atoms with Crippen molar-refractivity contribution in [2.45, 2.75) is 13.5 Å². The zero-order valence-electron chi connectivity index (χ0n) is 11.8. The molecule has 21 heavy (non-hydrogen) atoms. The molecule has 2 N–H and O–H groups in total. The Balaban J connectivity index is 2.09. The summed E-state index contributed by atoms with van der Waals surface area (Å²) in [4.78, 5) is 4.03. The fourth-order valence-electron chi connectivity index (χ4n) is 1.74. The number of imidazole rings is 1. The Morgan fingerprint density at radius 2 is 2.33 bits per heavy atom. The Hall–Kier alpha value is -2.47. The second kappa shape index (κ2) is 6.81. The topological polar surface area (TPSA) is 65.4 Å². The van der Waals surface area contributed by atoms with Crippen LogP contribution in [0, 0.1) is 12.7 Å². The van der Waals surface area contributed by atoms with Crippen molar-refractivity contribution in [3.05, 3.63) is 59.7 Å². The predicted molar refractivity (Wildman–Crippen MR) is 80.6 cm³/mol. The van der Waals surface area contributed by atoms with Crippen molar-refractivity contribution in [1.29, 1.82) is 0 Å². The van der Waals surface area contributed by atoms with Crippen LogP contribution in [0.1, 0.15) is 16.8 Å². The molecule has 0 bridgehead atoms. The second-order valence-corrected chi connectivity index (χ2v) is 4.48. The first-order chi connectivity index (χ1) is 10.1. The van der Waals surface area contributed by atoms with E-state index in [1.807, 2.05) is 6.92 Å². The van der Waals surface area contributed by atoms with Crippen LogP contribution in [0.2, 0.25) is 0 Å². The maximum Gasteiger partial charge on any atom is 0.221 e. The number of benzene rings is 1. The van der Waals surface area contributed by atoms with Gasteiger partial charge in [-0.25, -0.2) is 14.1 Å². The number of ether oxygens (including phenoxy) is 1. The third-order valence-electron chi connectivity index (χ3n) is 2.74. The molecular weight excluding hydrogens is 271 g/mol. The molecule has 0 atom stereocenters. The molecule has 0 spiro atoms. The molecule has 0 aliphatic carbocycles. The van der Waals surface area contributed by atoms with Gasteiger partial charge in [0.05, 0.1) is 31.3 Å². The molecule has 5 nitrogen and oxygen atoms in total. The minimum atomic E-state index is -0.335. The lowest BCUT2D eigenvalue weighted by molar-refractivity contribution is 0.146. The van der Waals surface area contributed by atoms with Crippen LogP contribution in [-0.2, 0) is 11.3 Å². The molecule has 2 rings (SSSR count). The van der Waals surface area contributed by atoms with Crippen LogP contribution in [0.15, 0.2) is 42.2 Å². The van der Waals surface area contributed by atoms with Crippen LogP contribution in [0.3, 0.4) is 0 Å². The van der Waals surface area contributed by atoms with Gasteiger partial charge in [-0.05, 0) is 18.6 Å². The number of hydrogen-bond acceptors (Lipinski definition) is 4. The van der Waals surface area contributed by atoms with E-state index in [0.717, 1.165) is 5.69 Å². The smallest absolute Gasteiger partial charge is 0.221 e. The monoisotopic (exact) mass is 288 g/mol. The van der Waals surface area contributed by atoms with Crippen molar-refractivity contribution < 1.29 is 9.13 Å². The minimum absolute atomic E-state index is 0.211. The van der Waals surface area contributed by atoms with E-state index in [1.165, 1.54) is 17.0 Å². The van der Waals surface area contributed by atoms with Crippen molar-refractivity contribution >= 4 is 12.2 Å². The maximum atomic E-state index is 13.9. The third-order valence-corrected chi connectivity index (χ3v) is 2.74.